The van der Waals surface area contributed by atoms with Crippen LogP contribution in [0.5, 0.6) is 0 Å². The van der Waals surface area contributed by atoms with Gasteiger partial charge in [-0.3, -0.25) is 9.59 Å². The van der Waals surface area contributed by atoms with Crippen molar-refractivity contribution in [1.29, 1.82) is 0 Å². The molecule has 1 amide bonds. The molecule has 2 aliphatic carbocycles. The standard InChI is InChI=1S/C26H43N3O4/c1-24(2)11-5-12-25(3)20(24)9-13-26(4,32)21(25)10-18-33-23(31)8-7-22(30)28-14-6-16-29-17-15-27-19-29/h15,17,19-21,32H,5-14,16,18H2,1-4H3,(H,28,30)/t20?,21?,25?,26-/m1/s1. The van der Waals surface area contributed by atoms with Crippen molar-refractivity contribution in [2.24, 2.45) is 22.7 Å². The highest BCUT2D eigenvalue weighted by atomic mass is 16.5. The molecule has 7 nitrogen and oxygen atoms in total. The van der Waals surface area contributed by atoms with Crippen LogP contribution in [0.4, 0.5) is 0 Å². The number of hydrogen-bond acceptors (Lipinski definition) is 5. The summed E-state index contributed by atoms with van der Waals surface area (Å²) in [6.07, 6.45) is 12.5. The number of esters is 1. The van der Waals surface area contributed by atoms with Crippen LogP contribution in [0.2, 0.25) is 0 Å². The van der Waals surface area contributed by atoms with Crippen molar-refractivity contribution < 1.29 is 19.4 Å². The van der Waals surface area contributed by atoms with Gasteiger partial charge < -0.3 is 19.7 Å². The van der Waals surface area contributed by atoms with Crippen molar-refractivity contribution in [3.63, 3.8) is 0 Å². The molecular formula is C26H43N3O4. The van der Waals surface area contributed by atoms with Gasteiger partial charge in [-0.1, -0.05) is 27.2 Å². The zero-order chi connectivity index (χ0) is 24.1. The van der Waals surface area contributed by atoms with Gasteiger partial charge in [-0.2, -0.15) is 0 Å². The number of ether oxygens (including phenoxy) is 1. The van der Waals surface area contributed by atoms with E-state index in [1.165, 1.54) is 12.8 Å². The fraction of sp³-hybridized carbons (Fsp3) is 0.808. The first kappa shape index (κ1) is 25.7. The Morgan fingerprint density at radius 1 is 1.18 bits per heavy atom. The van der Waals surface area contributed by atoms with Crippen molar-refractivity contribution >= 4 is 11.9 Å². The number of nitrogens with one attached hydrogen (secondary N) is 1. The quantitative estimate of drug-likeness (QED) is 0.404. The SMILES string of the molecule is CC1(C)CCCC2(C)C1CC[C@@](C)(O)C2CCOC(=O)CCC(=O)NCCCn1ccnc1. The van der Waals surface area contributed by atoms with Crippen molar-refractivity contribution in [2.45, 2.75) is 97.6 Å². The number of imidazole rings is 1. The predicted molar refractivity (Wildman–Crippen MR) is 127 cm³/mol. The van der Waals surface area contributed by atoms with Crippen LogP contribution in [-0.4, -0.2) is 45.3 Å². The molecule has 33 heavy (non-hydrogen) atoms. The lowest BCUT2D eigenvalue weighted by Crippen LogP contribution is -2.57. The van der Waals surface area contributed by atoms with E-state index in [0.29, 0.717) is 25.5 Å². The number of amides is 1. The van der Waals surface area contributed by atoms with Gasteiger partial charge in [0.1, 0.15) is 0 Å². The van der Waals surface area contributed by atoms with Crippen LogP contribution in [0.15, 0.2) is 18.7 Å². The summed E-state index contributed by atoms with van der Waals surface area (Å²) in [7, 11) is 0. The Bertz CT molecular complexity index is 789. The van der Waals surface area contributed by atoms with Gasteiger partial charge in [0.2, 0.25) is 5.91 Å². The fourth-order valence-corrected chi connectivity index (χ4v) is 6.84. The van der Waals surface area contributed by atoms with Crippen molar-refractivity contribution in [1.82, 2.24) is 14.9 Å². The lowest BCUT2D eigenvalue weighted by molar-refractivity contribution is -0.175. The van der Waals surface area contributed by atoms with Crippen LogP contribution in [0.25, 0.3) is 0 Å². The highest BCUT2D eigenvalue weighted by molar-refractivity contribution is 5.81. The van der Waals surface area contributed by atoms with E-state index in [1.807, 2.05) is 17.7 Å². The third kappa shape index (κ3) is 6.37. The number of rotatable bonds is 10. The molecule has 0 saturated heterocycles. The number of fused-ring (bicyclic) bond motifs is 1. The highest BCUT2D eigenvalue weighted by Gasteiger charge is 2.57. The molecule has 3 unspecified atom stereocenters. The maximum absolute atomic E-state index is 12.2. The summed E-state index contributed by atoms with van der Waals surface area (Å²) in [5.41, 5.74) is -0.390. The van der Waals surface area contributed by atoms with E-state index in [2.05, 4.69) is 31.1 Å². The van der Waals surface area contributed by atoms with Crippen LogP contribution < -0.4 is 5.32 Å². The Labute approximate surface area is 198 Å². The van der Waals surface area contributed by atoms with E-state index in [0.717, 1.165) is 32.2 Å². The molecule has 2 fully saturated rings. The molecule has 1 aromatic heterocycles. The minimum absolute atomic E-state index is 0.0620. The smallest absolute Gasteiger partial charge is 0.306 e. The molecule has 2 N–H and O–H groups in total. The summed E-state index contributed by atoms with van der Waals surface area (Å²) >= 11 is 0. The largest absolute Gasteiger partial charge is 0.466 e. The second-order valence-electron chi connectivity index (χ2n) is 11.4. The molecule has 3 rings (SSSR count). The van der Waals surface area contributed by atoms with Crippen molar-refractivity contribution in [2.75, 3.05) is 13.2 Å². The maximum atomic E-state index is 12.2. The minimum Gasteiger partial charge on any atom is -0.466 e. The third-order valence-corrected chi connectivity index (χ3v) is 8.46. The zero-order valence-electron chi connectivity index (χ0n) is 20.9. The summed E-state index contributed by atoms with van der Waals surface area (Å²) in [4.78, 5) is 28.2. The molecular weight excluding hydrogens is 418 g/mol. The second kappa shape index (κ2) is 10.6. The van der Waals surface area contributed by atoms with E-state index in [9.17, 15) is 14.7 Å². The Morgan fingerprint density at radius 3 is 2.70 bits per heavy atom. The number of carbonyl (C=O) groups is 2. The van der Waals surface area contributed by atoms with E-state index >= 15 is 0 Å². The van der Waals surface area contributed by atoms with Crippen LogP contribution >= 0.6 is 0 Å². The van der Waals surface area contributed by atoms with Crippen molar-refractivity contribution in [3.05, 3.63) is 18.7 Å². The van der Waals surface area contributed by atoms with Gasteiger partial charge in [-0.25, -0.2) is 4.98 Å². The van der Waals surface area contributed by atoms with Gasteiger partial charge in [0.25, 0.3) is 0 Å². The molecule has 2 aliphatic rings. The Hall–Kier alpha value is -1.89. The number of aliphatic hydroxyl groups is 1. The van der Waals surface area contributed by atoms with Crippen LogP contribution in [-0.2, 0) is 20.9 Å². The molecule has 7 heteroatoms. The maximum Gasteiger partial charge on any atom is 0.306 e. The molecule has 0 spiro atoms. The minimum atomic E-state index is -0.734. The average Bonchev–Trinajstić information content (AvgIpc) is 3.24. The number of nitrogens with zero attached hydrogens (tertiary/aromatic N) is 2. The van der Waals surface area contributed by atoms with Gasteiger partial charge >= 0.3 is 5.97 Å². The molecule has 0 radical (unpaired) electrons. The molecule has 0 aliphatic heterocycles. The average molecular weight is 462 g/mol. The summed E-state index contributed by atoms with van der Waals surface area (Å²) < 4.78 is 7.46. The van der Waals surface area contributed by atoms with Crippen LogP contribution in [0.1, 0.15) is 85.5 Å². The molecule has 0 aromatic carbocycles. The van der Waals surface area contributed by atoms with Gasteiger partial charge in [0, 0.05) is 31.9 Å². The molecule has 186 valence electrons. The summed E-state index contributed by atoms with van der Waals surface area (Å²) in [6, 6.07) is 0. The Balaban J connectivity index is 1.39. The van der Waals surface area contributed by atoms with Crippen LogP contribution in [0.3, 0.4) is 0 Å². The Kier molecular flexibility index (Phi) is 8.25. The molecule has 1 heterocycles. The monoisotopic (exact) mass is 461 g/mol. The third-order valence-electron chi connectivity index (χ3n) is 8.46. The predicted octanol–water partition coefficient (Wildman–Crippen LogP) is 4.10. The molecule has 2 saturated carbocycles. The zero-order valence-corrected chi connectivity index (χ0v) is 20.9. The number of aromatic nitrogens is 2. The van der Waals surface area contributed by atoms with E-state index < -0.39 is 5.60 Å². The Morgan fingerprint density at radius 2 is 1.97 bits per heavy atom. The van der Waals surface area contributed by atoms with Crippen molar-refractivity contribution in [3.8, 4) is 0 Å². The van der Waals surface area contributed by atoms with Gasteiger partial charge in [-0.05, 0) is 68.1 Å². The molecule has 0 bridgehead atoms. The second-order valence-corrected chi connectivity index (χ2v) is 11.4. The van der Waals surface area contributed by atoms with Gasteiger partial charge in [0.15, 0.2) is 0 Å². The number of aryl methyl sites for hydroxylation is 1. The van der Waals surface area contributed by atoms with E-state index in [4.69, 9.17) is 4.74 Å². The lowest BCUT2D eigenvalue weighted by atomic mass is 9.45. The number of hydrogen-bond donors (Lipinski definition) is 2. The molecule has 1 aromatic rings. The summed E-state index contributed by atoms with van der Waals surface area (Å²) in [5.74, 6) is 0.212. The fourth-order valence-electron chi connectivity index (χ4n) is 6.84. The van der Waals surface area contributed by atoms with Crippen LogP contribution in [0, 0.1) is 22.7 Å². The highest BCUT2D eigenvalue weighted by Crippen LogP contribution is 2.62. The van der Waals surface area contributed by atoms with E-state index in [-0.39, 0.29) is 41.5 Å². The van der Waals surface area contributed by atoms with Gasteiger partial charge in [0.05, 0.1) is 25.0 Å². The topological polar surface area (TPSA) is 93.5 Å². The first-order valence-corrected chi connectivity index (χ1v) is 12.6. The first-order chi connectivity index (χ1) is 15.5. The first-order valence-electron chi connectivity index (χ1n) is 12.6. The lowest BCUT2D eigenvalue weighted by Gasteiger charge is -2.61. The van der Waals surface area contributed by atoms with E-state index in [1.54, 1.807) is 12.5 Å². The number of carbonyl (C=O) groups excluding carboxylic acids is 2. The summed E-state index contributed by atoms with van der Waals surface area (Å²) in [6.45, 7) is 10.7. The van der Waals surface area contributed by atoms with Gasteiger partial charge in [-0.15, -0.1) is 0 Å². The normalized spacial score (nSPS) is 30.9. The summed E-state index contributed by atoms with van der Waals surface area (Å²) in [5, 5.41) is 14.1. The molecule has 4 atom stereocenters.